The molecule has 0 bridgehead atoms. The van der Waals surface area contributed by atoms with E-state index in [-0.39, 0.29) is 11.9 Å². The van der Waals surface area contributed by atoms with Crippen LogP contribution >= 0.6 is 0 Å². The van der Waals surface area contributed by atoms with E-state index in [2.05, 4.69) is 10.4 Å². The van der Waals surface area contributed by atoms with E-state index in [0.29, 0.717) is 23.8 Å². The molecule has 0 radical (unpaired) electrons. The number of amides is 1. The summed E-state index contributed by atoms with van der Waals surface area (Å²) in [6, 6.07) is 16.7. The Labute approximate surface area is 165 Å². The molecular weight excluding hydrogens is 354 g/mol. The molecule has 0 aliphatic carbocycles. The number of carbonyl (C=O) groups excluding carboxylic acids is 1. The molecule has 0 spiro atoms. The van der Waals surface area contributed by atoms with Crippen LogP contribution in [-0.4, -0.2) is 22.8 Å². The van der Waals surface area contributed by atoms with Crippen molar-refractivity contribution in [3.8, 4) is 17.2 Å². The zero-order valence-corrected chi connectivity index (χ0v) is 16.6. The third-order valence-corrected chi connectivity index (χ3v) is 4.48. The fourth-order valence-electron chi connectivity index (χ4n) is 2.99. The van der Waals surface area contributed by atoms with Gasteiger partial charge in [0.25, 0.3) is 0 Å². The number of hydrogen-bond donors (Lipinski definition) is 1. The van der Waals surface area contributed by atoms with Crippen molar-refractivity contribution >= 4 is 5.91 Å². The van der Waals surface area contributed by atoms with Crippen molar-refractivity contribution in [2.45, 2.75) is 33.4 Å². The Kier molecular flexibility index (Phi) is 5.99. The molecule has 0 saturated carbocycles. The minimum atomic E-state index is -0.359. The van der Waals surface area contributed by atoms with Crippen molar-refractivity contribution < 1.29 is 14.3 Å². The molecule has 2 aromatic carbocycles. The molecule has 1 aromatic heterocycles. The second kappa shape index (κ2) is 8.61. The zero-order valence-electron chi connectivity index (χ0n) is 16.6. The quantitative estimate of drug-likeness (QED) is 0.669. The van der Waals surface area contributed by atoms with Gasteiger partial charge < -0.3 is 14.8 Å². The number of nitrogens with one attached hydrogen (secondary N) is 1. The van der Waals surface area contributed by atoms with Crippen molar-refractivity contribution in [1.82, 2.24) is 15.1 Å². The Morgan fingerprint density at radius 2 is 1.79 bits per heavy atom. The lowest BCUT2D eigenvalue weighted by Crippen LogP contribution is -2.31. The van der Waals surface area contributed by atoms with Crippen LogP contribution in [0.3, 0.4) is 0 Å². The Morgan fingerprint density at radius 1 is 1.11 bits per heavy atom. The molecule has 1 N–H and O–H groups in total. The van der Waals surface area contributed by atoms with Gasteiger partial charge in [-0.25, -0.2) is 0 Å². The maximum atomic E-state index is 12.4. The highest BCUT2D eigenvalue weighted by Crippen LogP contribution is 2.30. The summed E-state index contributed by atoms with van der Waals surface area (Å²) in [5, 5.41) is 7.34. The van der Waals surface area contributed by atoms with Gasteiger partial charge in [-0.2, -0.15) is 5.10 Å². The van der Waals surface area contributed by atoms with Crippen molar-refractivity contribution in [2.75, 3.05) is 7.11 Å². The number of carbonyl (C=O) groups is 1. The number of rotatable bonds is 7. The Morgan fingerprint density at radius 3 is 2.39 bits per heavy atom. The first-order valence-corrected chi connectivity index (χ1v) is 9.18. The van der Waals surface area contributed by atoms with E-state index in [1.807, 2.05) is 75.4 Å². The van der Waals surface area contributed by atoms with Gasteiger partial charge in [0, 0.05) is 12.2 Å². The lowest BCUT2D eigenvalue weighted by atomic mass is 10.2. The van der Waals surface area contributed by atoms with Gasteiger partial charge in [-0.1, -0.05) is 24.3 Å². The number of para-hydroxylation sites is 2. The normalized spacial score (nSPS) is 11.7. The number of hydrogen-bond acceptors (Lipinski definition) is 4. The molecule has 0 aliphatic heterocycles. The average molecular weight is 379 g/mol. The molecule has 1 heterocycles. The average Bonchev–Trinajstić information content (AvgIpc) is 3.05. The number of aryl methyl sites for hydroxylation is 2. The van der Waals surface area contributed by atoms with E-state index in [4.69, 9.17) is 9.47 Å². The third-order valence-electron chi connectivity index (χ3n) is 4.48. The highest BCUT2D eigenvalue weighted by atomic mass is 16.5. The van der Waals surface area contributed by atoms with Gasteiger partial charge >= 0.3 is 0 Å². The van der Waals surface area contributed by atoms with Crippen LogP contribution in [0.5, 0.6) is 17.2 Å². The van der Waals surface area contributed by atoms with Crippen LogP contribution in [0.1, 0.15) is 29.9 Å². The van der Waals surface area contributed by atoms with E-state index >= 15 is 0 Å². The van der Waals surface area contributed by atoms with Gasteiger partial charge in [-0.3, -0.25) is 9.48 Å². The molecule has 3 aromatic rings. The van der Waals surface area contributed by atoms with Crippen molar-refractivity contribution in [1.29, 1.82) is 0 Å². The monoisotopic (exact) mass is 379 g/mol. The highest BCUT2D eigenvalue weighted by molar-refractivity contribution is 5.79. The minimum absolute atomic E-state index is 0.0689. The summed E-state index contributed by atoms with van der Waals surface area (Å²) in [4.78, 5) is 12.4. The number of nitrogens with zero attached hydrogens (tertiary/aromatic N) is 2. The van der Waals surface area contributed by atoms with Gasteiger partial charge in [0.2, 0.25) is 5.91 Å². The SMILES string of the molecule is COc1ccccc1Oc1ccc(CNC(=O)C(C)n2nc(C)cc2C)cc1. The standard InChI is InChI=1S/C22H25N3O3/c1-15-13-16(2)25(24-15)17(3)22(26)23-14-18-9-11-19(12-10-18)28-21-8-6-5-7-20(21)27-4/h5-13,17H,14H2,1-4H3,(H,23,26). The predicted molar refractivity (Wildman–Crippen MR) is 108 cm³/mol. The van der Waals surface area contributed by atoms with Crippen LogP contribution in [0.25, 0.3) is 0 Å². The van der Waals surface area contributed by atoms with Crippen LogP contribution in [-0.2, 0) is 11.3 Å². The molecule has 6 heteroatoms. The van der Waals surface area contributed by atoms with E-state index in [0.717, 1.165) is 17.0 Å². The van der Waals surface area contributed by atoms with Crippen LogP contribution in [0.15, 0.2) is 54.6 Å². The van der Waals surface area contributed by atoms with Crippen LogP contribution in [0, 0.1) is 13.8 Å². The fraction of sp³-hybridized carbons (Fsp3) is 0.273. The largest absolute Gasteiger partial charge is 0.493 e. The molecule has 0 aliphatic rings. The molecule has 3 rings (SSSR count). The summed E-state index contributed by atoms with van der Waals surface area (Å²) in [6.07, 6.45) is 0. The second-order valence-electron chi connectivity index (χ2n) is 6.66. The van der Waals surface area contributed by atoms with E-state index < -0.39 is 0 Å². The fourth-order valence-corrected chi connectivity index (χ4v) is 2.99. The van der Waals surface area contributed by atoms with Crippen LogP contribution < -0.4 is 14.8 Å². The Hall–Kier alpha value is -3.28. The van der Waals surface area contributed by atoms with E-state index in [1.165, 1.54) is 0 Å². The molecule has 146 valence electrons. The lowest BCUT2D eigenvalue weighted by Gasteiger charge is -2.15. The van der Waals surface area contributed by atoms with Gasteiger partial charge in [-0.15, -0.1) is 0 Å². The maximum Gasteiger partial charge on any atom is 0.244 e. The molecular formula is C22H25N3O3. The number of aromatic nitrogens is 2. The summed E-state index contributed by atoms with van der Waals surface area (Å²) in [5.41, 5.74) is 2.86. The number of benzene rings is 2. The molecule has 28 heavy (non-hydrogen) atoms. The van der Waals surface area contributed by atoms with Gasteiger partial charge in [0.15, 0.2) is 11.5 Å². The topological polar surface area (TPSA) is 65.4 Å². The van der Waals surface area contributed by atoms with Gasteiger partial charge in [-0.05, 0) is 56.7 Å². The van der Waals surface area contributed by atoms with Crippen LogP contribution in [0.2, 0.25) is 0 Å². The first kappa shape index (κ1) is 19.5. The zero-order chi connectivity index (χ0) is 20.1. The lowest BCUT2D eigenvalue weighted by molar-refractivity contribution is -0.124. The van der Waals surface area contributed by atoms with Crippen LogP contribution in [0.4, 0.5) is 0 Å². The number of methoxy groups -OCH3 is 1. The Bertz CT molecular complexity index is 948. The summed E-state index contributed by atoms with van der Waals surface area (Å²) < 4.78 is 12.9. The van der Waals surface area contributed by atoms with E-state index in [9.17, 15) is 4.79 Å². The summed E-state index contributed by atoms with van der Waals surface area (Å²) in [7, 11) is 1.61. The predicted octanol–water partition coefficient (Wildman–Crippen LogP) is 4.18. The molecule has 1 atom stereocenters. The van der Waals surface area contributed by atoms with Crippen molar-refractivity contribution in [3.63, 3.8) is 0 Å². The summed E-state index contributed by atoms with van der Waals surface area (Å²) in [5.74, 6) is 1.97. The summed E-state index contributed by atoms with van der Waals surface area (Å²) in [6.45, 7) is 6.16. The van der Waals surface area contributed by atoms with Gasteiger partial charge in [0.05, 0.1) is 12.8 Å². The van der Waals surface area contributed by atoms with Crippen molar-refractivity contribution in [3.05, 3.63) is 71.5 Å². The van der Waals surface area contributed by atoms with Crippen molar-refractivity contribution in [2.24, 2.45) is 0 Å². The first-order valence-electron chi connectivity index (χ1n) is 9.18. The second-order valence-corrected chi connectivity index (χ2v) is 6.66. The molecule has 1 amide bonds. The van der Waals surface area contributed by atoms with Gasteiger partial charge in [0.1, 0.15) is 11.8 Å². The molecule has 0 saturated heterocycles. The summed E-state index contributed by atoms with van der Waals surface area (Å²) >= 11 is 0. The molecule has 1 unspecified atom stereocenters. The third kappa shape index (κ3) is 4.52. The minimum Gasteiger partial charge on any atom is -0.493 e. The number of ether oxygens (including phenoxy) is 2. The van der Waals surface area contributed by atoms with E-state index in [1.54, 1.807) is 11.8 Å². The highest BCUT2D eigenvalue weighted by Gasteiger charge is 2.17. The Balaban J connectivity index is 1.58. The molecule has 0 fully saturated rings. The maximum absolute atomic E-state index is 12.4. The first-order chi connectivity index (χ1) is 13.5. The smallest absolute Gasteiger partial charge is 0.244 e. The molecule has 6 nitrogen and oxygen atoms in total.